The fourth-order valence-electron chi connectivity index (χ4n) is 3.67. The molecule has 0 saturated heterocycles. The Balaban J connectivity index is 4.24. The molecule has 0 aromatic heterocycles. The molecule has 18 nitrogen and oxygen atoms in total. The first-order chi connectivity index (χ1) is 21.7. The Bertz CT molecular complexity index is 929. The summed E-state index contributed by atoms with van der Waals surface area (Å²) in [6.07, 6.45) is -5.30. The maximum Gasteiger partial charge on any atom is 0.221 e. The first kappa shape index (κ1) is 42.6. The smallest absolute Gasteiger partial charge is 0.221 e. The van der Waals surface area contributed by atoms with Crippen molar-refractivity contribution in [3.8, 4) is 0 Å². The molecule has 0 aromatic carbocycles. The van der Waals surface area contributed by atoms with Gasteiger partial charge < -0.3 is 71.6 Å². The van der Waals surface area contributed by atoms with Gasteiger partial charge in [-0.3, -0.25) is 19.2 Å². The van der Waals surface area contributed by atoms with Crippen LogP contribution in [0.2, 0.25) is 0 Å². The molecule has 0 aliphatic heterocycles. The number of carbonyl (C=O) groups is 4. The summed E-state index contributed by atoms with van der Waals surface area (Å²) >= 11 is 0. The minimum atomic E-state index is -1.76. The zero-order valence-electron chi connectivity index (χ0n) is 26.2. The molecule has 18 heteroatoms. The van der Waals surface area contributed by atoms with Gasteiger partial charge >= 0.3 is 0 Å². The van der Waals surface area contributed by atoms with E-state index in [4.69, 9.17) is 19.7 Å². The Kier molecular flexibility index (Phi) is 23.0. The van der Waals surface area contributed by atoms with E-state index in [1.807, 2.05) is 0 Å². The van der Waals surface area contributed by atoms with Gasteiger partial charge in [-0.2, -0.15) is 0 Å². The van der Waals surface area contributed by atoms with Gasteiger partial charge in [-0.25, -0.2) is 0 Å². The number of nitrogens with one attached hydrogen (secondary N) is 4. The number of aliphatic hydroxyl groups is 8. The highest BCUT2D eigenvalue weighted by molar-refractivity contribution is 5.77. The molecule has 0 fully saturated rings. The number of unbranched alkanes of at least 4 members (excludes halogenated alkanes) is 2. The Morgan fingerprint density at radius 3 is 1.26 bits per heavy atom. The van der Waals surface area contributed by atoms with Gasteiger partial charge in [0.05, 0.1) is 13.2 Å². The second kappa shape index (κ2) is 24.8. The third kappa shape index (κ3) is 19.2. The number of rotatable bonds is 25. The Labute approximate surface area is 267 Å². The summed E-state index contributed by atoms with van der Waals surface area (Å²) in [4.78, 5) is 46.7. The van der Waals surface area contributed by atoms with E-state index in [-0.39, 0.29) is 63.8 Å². The first-order valence-electron chi connectivity index (χ1n) is 14.9. The summed E-state index contributed by atoms with van der Waals surface area (Å²) in [5, 5.41) is 87.4. The minimum absolute atomic E-state index is 0.0373. The highest BCUT2D eigenvalue weighted by Gasteiger charge is 2.24. The lowest BCUT2D eigenvalue weighted by Crippen LogP contribution is -2.35. The molecule has 4 amide bonds. The minimum Gasteiger partial charge on any atom is -0.508 e. The van der Waals surface area contributed by atoms with Crippen LogP contribution in [-0.2, 0) is 28.7 Å². The van der Waals surface area contributed by atoms with Gasteiger partial charge in [0, 0.05) is 65.8 Å². The summed E-state index contributed by atoms with van der Waals surface area (Å²) in [7, 11) is 0. The summed E-state index contributed by atoms with van der Waals surface area (Å²) in [6, 6.07) is 0. The van der Waals surface area contributed by atoms with E-state index >= 15 is 0 Å². The van der Waals surface area contributed by atoms with E-state index in [0.29, 0.717) is 25.7 Å². The van der Waals surface area contributed by atoms with Crippen LogP contribution in [0.4, 0.5) is 0 Å². The molecule has 0 bridgehead atoms. The van der Waals surface area contributed by atoms with E-state index in [0.717, 1.165) is 13.8 Å². The lowest BCUT2D eigenvalue weighted by Gasteiger charge is -2.20. The molecule has 4 atom stereocenters. The van der Waals surface area contributed by atoms with Gasteiger partial charge in [-0.15, -0.1) is 0 Å². The summed E-state index contributed by atoms with van der Waals surface area (Å²) in [5.41, 5.74) is -0.891. The van der Waals surface area contributed by atoms with Crippen molar-refractivity contribution in [2.75, 3.05) is 39.5 Å². The zero-order valence-corrected chi connectivity index (χ0v) is 26.2. The van der Waals surface area contributed by atoms with E-state index in [9.17, 15) is 49.8 Å². The normalized spacial score (nSPS) is 15.0. The quantitative estimate of drug-likeness (QED) is 0.0273. The van der Waals surface area contributed by atoms with Crippen LogP contribution in [-0.4, -0.2) is 129 Å². The van der Waals surface area contributed by atoms with Crippen LogP contribution in [0, 0.1) is 0 Å². The lowest BCUT2D eigenvalue weighted by molar-refractivity contribution is -0.123. The second-order valence-corrected chi connectivity index (χ2v) is 10.1. The highest BCUT2D eigenvalue weighted by atomic mass is 16.6. The molecule has 0 spiro atoms. The van der Waals surface area contributed by atoms with E-state index in [2.05, 4.69) is 21.3 Å². The summed E-state index contributed by atoms with van der Waals surface area (Å²) in [5.74, 6) is -3.30. The van der Waals surface area contributed by atoms with Gasteiger partial charge in [0.25, 0.3) is 0 Å². The maximum absolute atomic E-state index is 12.0. The SMILES string of the molecule is CC(=O)N/C(=C(/O)[C@@H](O)CCO)[C@@H](O)OCCCCC(=O)NCCNC(=O)CCCCO[C@H](O)/C(NC(C)=O)=C(\O)[C@@H](O)CCO. The molecule has 0 unspecified atom stereocenters. The molecule has 12 N–H and O–H groups in total. The van der Waals surface area contributed by atoms with Crippen molar-refractivity contribution in [1.29, 1.82) is 0 Å². The number of hydrogen-bond donors (Lipinski definition) is 12. The van der Waals surface area contributed by atoms with Crippen molar-refractivity contribution in [1.82, 2.24) is 21.3 Å². The number of ether oxygens (including phenoxy) is 2. The molecule has 0 rings (SSSR count). The highest BCUT2D eigenvalue weighted by Crippen LogP contribution is 2.14. The number of hydrogen-bond acceptors (Lipinski definition) is 14. The summed E-state index contributed by atoms with van der Waals surface area (Å²) in [6.45, 7) is 1.67. The van der Waals surface area contributed by atoms with E-state index < -0.39 is 72.7 Å². The first-order valence-corrected chi connectivity index (χ1v) is 14.9. The van der Waals surface area contributed by atoms with E-state index in [1.165, 1.54) is 0 Å². The van der Waals surface area contributed by atoms with Crippen LogP contribution >= 0.6 is 0 Å². The van der Waals surface area contributed by atoms with Crippen LogP contribution < -0.4 is 21.3 Å². The standard InChI is InChI=1S/C28H50N4O14/c1-17(35)31-23(25(41)19(37)9-13-33)27(43)45-15-5-3-7-21(39)29-11-12-30-22(40)8-4-6-16-46-28(44)24(32-18(2)36)26(42)20(38)10-14-34/h19-20,27-28,33-34,37-38,41-44H,3-16H2,1-2H3,(H,29,39)(H,30,40)(H,31,35)(H,32,36)/b25-23+,26-24+/t19-,20-,27-,28-/m0/s1. The van der Waals surface area contributed by atoms with Gasteiger partial charge in [-0.05, 0) is 25.7 Å². The number of aliphatic hydroxyl groups excluding tert-OH is 8. The molecule has 0 radical (unpaired) electrons. The number of amides is 4. The van der Waals surface area contributed by atoms with Crippen molar-refractivity contribution >= 4 is 23.6 Å². The van der Waals surface area contributed by atoms with Crippen molar-refractivity contribution in [3.63, 3.8) is 0 Å². The molecule has 0 aliphatic rings. The third-order valence-electron chi connectivity index (χ3n) is 6.02. The average Bonchev–Trinajstić information content (AvgIpc) is 2.99. The molecule has 0 aromatic rings. The summed E-state index contributed by atoms with van der Waals surface area (Å²) < 4.78 is 10.4. The Morgan fingerprint density at radius 2 is 0.957 bits per heavy atom. The van der Waals surface area contributed by atoms with Crippen LogP contribution in [0.1, 0.15) is 65.2 Å². The largest absolute Gasteiger partial charge is 0.508 e. The molecule has 0 saturated carbocycles. The van der Waals surface area contributed by atoms with Crippen molar-refractivity contribution in [2.45, 2.75) is 90.0 Å². The Morgan fingerprint density at radius 1 is 0.609 bits per heavy atom. The van der Waals surface area contributed by atoms with Crippen molar-refractivity contribution in [2.24, 2.45) is 0 Å². The second-order valence-electron chi connectivity index (χ2n) is 10.1. The number of carbonyl (C=O) groups excluding carboxylic acids is 4. The van der Waals surface area contributed by atoms with Gasteiger partial charge in [0.2, 0.25) is 23.6 Å². The molecule has 46 heavy (non-hydrogen) atoms. The average molecular weight is 667 g/mol. The zero-order chi connectivity index (χ0) is 35.1. The van der Waals surface area contributed by atoms with Crippen LogP contribution in [0.15, 0.2) is 22.9 Å². The lowest BCUT2D eigenvalue weighted by atomic mass is 10.1. The predicted octanol–water partition coefficient (Wildman–Crippen LogP) is -2.47. The van der Waals surface area contributed by atoms with Crippen LogP contribution in [0.5, 0.6) is 0 Å². The molecular formula is C28H50N4O14. The van der Waals surface area contributed by atoms with Crippen LogP contribution in [0.25, 0.3) is 0 Å². The predicted molar refractivity (Wildman–Crippen MR) is 160 cm³/mol. The Hall–Kier alpha value is -3.36. The molecule has 0 aliphatic carbocycles. The maximum atomic E-state index is 12.0. The van der Waals surface area contributed by atoms with Crippen molar-refractivity contribution < 1.29 is 69.5 Å². The molecule has 0 heterocycles. The fourth-order valence-corrected chi connectivity index (χ4v) is 3.67. The van der Waals surface area contributed by atoms with Crippen molar-refractivity contribution in [3.05, 3.63) is 22.9 Å². The monoisotopic (exact) mass is 666 g/mol. The van der Waals surface area contributed by atoms with Crippen LogP contribution in [0.3, 0.4) is 0 Å². The van der Waals surface area contributed by atoms with Gasteiger partial charge in [-0.1, -0.05) is 0 Å². The third-order valence-corrected chi connectivity index (χ3v) is 6.02. The van der Waals surface area contributed by atoms with Gasteiger partial charge in [0.15, 0.2) is 12.6 Å². The van der Waals surface area contributed by atoms with E-state index in [1.54, 1.807) is 0 Å². The molecule has 266 valence electrons. The molecular weight excluding hydrogens is 616 g/mol. The fraction of sp³-hybridized carbons (Fsp3) is 0.714. The topological polar surface area (TPSA) is 297 Å². The van der Waals surface area contributed by atoms with Gasteiger partial charge in [0.1, 0.15) is 35.1 Å².